The van der Waals surface area contributed by atoms with Gasteiger partial charge in [-0.3, -0.25) is 0 Å². The van der Waals surface area contributed by atoms with E-state index in [-0.39, 0.29) is 0 Å². The summed E-state index contributed by atoms with van der Waals surface area (Å²) in [5.41, 5.74) is 2.98. The van der Waals surface area contributed by atoms with Crippen LogP contribution in [0.5, 0.6) is 0 Å². The number of benzene rings is 1. The van der Waals surface area contributed by atoms with Crippen molar-refractivity contribution in [1.82, 2.24) is 0 Å². The molecule has 3 rings (SSSR count). The molecular weight excluding hydrogens is 200 g/mol. The normalized spacial score (nSPS) is 14.9. The van der Waals surface area contributed by atoms with Crippen LogP contribution in [-0.4, -0.2) is 0 Å². The highest BCUT2D eigenvalue weighted by Gasteiger charge is 2.05. The summed E-state index contributed by atoms with van der Waals surface area (Å²) < 4.78 is 0. The Bertz CT molecular complexity index is 430. The Morgan fingerprint density at radius 3 is 1.93 bits per heavy atom. The van der Waals surface area contributed by atoms with Gasteiger partial charge >= 0.3 is 0 Å². The monoisotopic (exact) mass is 214 g/mol. The van der Waals surface area contributed by atoms with E-state index in [1.165, 1.54) is 46.6 Å². The zero-order chi connectivity index (χ0) is 10.1. The predicted octanol–water partition coefficient (Wildman–Crippen LogP) is 3.63. The third-order valence-electron chi connectivity index (χ3n) is 3.03. The van der Waals surface area contributed by atoms with Gasteiger partial charge in [0.2, 0.25) is 0 Å². The van der Waals surface area contributed by atoms with Gasteiger partial charge in [0.05, 0.1) is 0 Å². The molecule has 1 aliphatic heterocycles. The van der Waals surface area contributed by atoms with Gasteiger partial charge in [-0.25, -0.2) is 0 Å². The van der Waals surface area contributed by atoms with Gasteiger partial charge in [-0.05, 0) is 48.9 Å². The molecule has 0 spiro atoms. The van der Waals surface area contributed by atoms with Gasteiger partial charge < -0.3 is 0 Å². The Morgan fingerprint density at radius 1 is 0.733 bits per heavy atom. The first-order chi connectivity index (χ1) is 7.40. The topological polar surface area (TPSA) is 0 Å². The molecule has 1 heteroatoms. The maximum Gasteiger partial charge on any atom is 0.00514 e. The van der Waals surface area contributed by atoms with Crippen molar-refractivity contribution in [3.63, 3.8) is 0 Å². The molecule has 0 N–H and O–H groups in total. The summed E-state index contributed by atoms with van der Waals surface area (Å²) in [7, 11) is 0. The molecule has 0 saturated carbocycles. The Labute approximate surface area is 94.6 Å². The highest BCUT2D eigenvalue weighted by molar-refractivity contribution is 7.11. The first-order valence-electron chi connectivity index (χ1n) is 5.55. The molecule has 1 aromatic heterocycles. The van der Waals surface area contributed by atoms with Crippen LogP contribution in [0.3, 0.4) is 0 Å². The molecule has 0 aliphatic carbocycles. The number of fused-ring (bicyclic) bond motifs is 4. The summed E-state index contributed by atoms with van der Waals surface area (Å²) >= 11 is 1.99. The van der Waals surface area contributed by atoms with Crippen LogP contribution in [0.15, 0.2) is 36.4 Å². The van der Waals surface area contributed by atoms with E-state index in [4.69, 9.17) is 0 Å². The molecule has 0 saturated heterocycles. The minimum atomic E-state index is 1.19. The lowest BCUT2D eigenvalue weighted by molar-refractivity contribution is 0.948. The van der Waals surface area contributed by atoms with Crippen LogP contribution < -0.4 is 0 Å². The fourth-order valence-electron chi connectivity index (χ4n) is 2.17. The van der Waals surface area contributed by atoms with Gasteiger partial charge in [0.15, 0.2) is 0 Å². The van der Waals surface area contributed by atoms with Crippen molar-refractivity contribution < 1.29 is 0 Å². The van der Waals surface area contributed by atoms with Crippen molar-refractivity contribution in [3.05, 3.63) is 57.3 Å². The molecule has 76 valence electrons. The van der Waals surface area contributed by atoms with Crippen LogP contribution in [-0.2, 0) is 25.7 Å². The molecule has 0 atom stereocenters. The molecular formula is C14H14S. The van der Waals surface area contributed by atoms with E-state index in [0.29, 0.717) is 0 Å². The predicted molar refractivity (Wildman–Crippen MR) is 65.6 cm³/mol. The van der Waals surface area contributed by atoms with Crippen molar-refractivity contribution >= 4 is 11.3 Å². The van der Waals surface area contributed by atoms with Crippen molar-refractivity contribution in [2.24, 2.45) is 0 Å². The van der Waals surface area contributed by atoms with Gasteiger partial charge in [0.25, 0.3) is 0 Å². The van der Waals surface area contributed by atoms with Crippen LogP contribution in [0.25, 0.3) is 0 Å². The fourth-order valence-corrected chi connectivity index (χ4v) is 3.18. The van der Waals surface area contributed by atoms with Crippen molar-refractivity contribution in [3.8, 4) is 0 Å². The van der Waals surface area contributed by atoms with Gasteiger partial charge in [-0.2, -0.15) is 0 Å². The second-order valence-electron chi connectivity index (χ2n) is 4.19. The minimum Gasteiger partial charge on any atom is -0.145 e. The first-order valence-corrected chi connectivity index (χ1v) is 6.37. The summed E-state index contributed by atoms with van der Waals surface area (Å²) in [6, 6.07) is 13.7. The molecule has 0 radical (unpaired) electrons. The molecule has 0 nitrogen and oxygen atoms in total. The van der Waals surface area contributed by atoms with Crippen molar-refractivity contribution in [2.75, 3.05) is 0 Å². The summed E-state index contributed by atoms with van der Waals surface area (Å²) in [4.78, 5) is 3.08. The average Bonchev–Trinajstić information content (AvgIpc) is 2.71. The highest BCUT2D eigenvalue weighted by atomic mass is 32.1. The van der Waals surface area contributed by atoms with Crippen LogP contribution in [0.4, 0.5) is 0 Å². The standard InChI is InChI=1S/C14H14S/c1-2-11-4-6-13-8-9-14(15-13)7-5-12(3-1)10-11/h1-3,8-10H,4-7H2. The molecule has 0 amide bonds. The molecule has 4 bridgehead atoms. The Hall–Kier alpha value is -1.08. The molecule has 1 aromatic carbocycles. The van der Waals surface area contributed by atoms with E-state index in [9.17, 15) is 0 Å². The summed E-state index contributed by atoms with van der Waals surface area (Å²) in [6.45, 7) is 0. The van der Waals surface area contributed by atoms with Gasteiger partial charge in [-0.15, -0.1) is 11.3 Å². The Morgan fingerprint density at radius 2 is 1.33 bits per heavy atom. The van der Waals surface area contributed by atoms with E-state index < -0.39 is 0 Å². The second kappa shape index (κ2) is 3.82. The van der Waals surface area contributed by atoms with Gasteiger partial charge in [-0.1, -0.05) is 24.3 Å². The largest absolute Gasteiger partial charge is 0.145 e. The van der Waals surface area contributed by atoms with Crippen LogP contribution in [0.2, 0.25) is 0 Å². The van der Waals surface area contributed by atoms with Crippen LogP contribution in [0, 0.1) is 0 Å². The van der Waals surface area contributed by atoms with Crippen molar-refractivity contribution in [2.45, 2.75) is 25.7 Å². The summed E-state index contributed by atoms with van der Waals surface area (Å²) in [6.07, 6.45) is 4.78. The lowest BCUT2D eigenvalue weighted by atomic mass is 10.0. The van der Waals surface area contributed by atoms with Gasteiger partial charge in [0.1, 0.15) is 0 Å². The van der Waals surface area contributed by atoms with Crippen LogP contribution >= 0.6 is 11.3 Å². The lowest BCUT2D eigenvalue weighted by Crippen LogP contribution is -1.94. The van der Waals surface area contributed by atoms with Gasteiger partial charge in [0, 0.05) is 9.75 Å². The van der Waals surface area contributed by atoms with E-state index in [2.05, 4.69) is 36.4 Å². The minimum absolute atomic E-state index is 1.19. The summed E-state index contributed by atoms with van der Waals surface area (Å²) in [5.74, 6) is 0. The Balaban J connectivity index is 1.97. The number of thiophene rings is 1. The quantitative estimate of drug-likeness (QED) is 0.628. The SMILES string of the molecule is c1cc2cc(c1)CCc1ccc(s1)CC2. The smallest absolute Gasteiger partial charge is 0.00514 e. The van der Waals surface area contributed by atoms with Crippen molar-refractivity contribution in [1.29, 1.82) is 0 Å². The maximum atomic E-state index is 2.37. The molecule has 2 heterocycles. The highest BCUT2D eigenvalue weighted by Crippen LogP contribution is 2.22. The van der Waals surface area contributed by atoms with E-state index >= 15 is 0 Å². The molecule has 0 fully saturated rings. The third kappa shape index (κ3) is 1.98. The maximum absolute atomic E-state index is 2.37. The Kier molecular flexibility index (Phi) is 2.34. The summed E-state index contributed by atoms with van der Waals surface area (Å²) in [5, 5.41) is 0. The zero-order valence-electron chi connectivity index (χ0n) is 8.70. The fraction of sp³-hybridized carbons (Fsp3) is 0.286. The average molecular weight is 214 g/mol. The molecule has 2 aromatic rings. The zero-order valence-corrected chi connectivity index (χ0v) is 9.52. The first kappa shape index (κ1) is 9.17. The lowest BCUT2D eigenvalue weighted by Gasteiger charge is -2.06. The van der Waals surface area contributed by atoms with E-state index in [1.807, 2.05) is 11.3 Å². The third-order valence-corrected chi connectivity index (χ3v) is 4.23. The number of hydrogen-bond donors (Lipinski definition) is 0. The number of hydrogen-bond acceptors (Lipinski definition) is 1. The van der Waals surface area contributed by atoms with E-state index in [1.54, 1.807) is 0 Å². The van der Waals surface area contributed by atoms with E-state index in [0.717, 1.165) is 0 Å². The second-order valence-corrected chi connectivity index (χ2v) is 5.44. The van der Waals surface area contributed by atoms with Crippen LogP contribution in [0.1, 0.15) is 20.9 Å². The molecule has 1 aliphatic rings. The number of aryl methyl sites for hydroxylation is 4. The molecule has 15 heavy (non-hydrogen) atoms. The number of rotatable bonds is 0. The molecule has 0 unspecified atom stereocenters.